The molecule has 0 saturated carbocycles. The van der Waals surface area contributed by atoms with Crippen LogP contribution >= 0.6 is 0 Å². The third-order valence-corrected chi connectivity index (χ3v) is 2.91. The van der Waals surface area contributed by atoms with E-state index in [-0.39, 0.29) is 24.3 Å². The Morgan fingerprint density at radius 2 is 1.69 bits per heavy atom. The van der Waals surface area contributed by atoms with Gasteiger partial charge in [-0.15, -0.1) is 0 Å². The molecule has 1 unspecified atom stereocenters. The SMILES string of the molecule is [CH-]=CC1C(c2ccccc2)=C1C(C)(C)C.[Li+]. The number of allylic oxidation sites excluding steroid dienone is 3. The van der Waals surface area contributed by atoms with Crippen molar-refractivity contribution in [1.82, 2.24) is 0 Å². The van der Waals surface area contributed by atoms with Crippen molar-refractivity contribution in [3.8, 4) is 0 Å². The van der Waals surface area contributed by atoms with Crippen molar-refractivity contribution < 1.29 is 18.9 Å². The molecule has 1 aliphatic rings. The van der Waals surface area contributed by atoms with Crippen molar-refractivity contribution in [2.75, 3.05) is 0 Å². The second kappa shape index (κ2) is 4.66. The maximum absolute atomic E-state index is 5.68. The van der Waals surface area contributed by atoms with Crippen LogP contribution in [0.2, 0.25) is 0 Å². The van der Waals surface area contributed by atoms with Gasteiger partial charge in [-0.05, 0) is 22.5 Å². The molecule has 1 aromatic rings. The fourth-order valence-electron chi connectivity index (χ4n) is 2.26. The largest absolute Gasteiger partial charge is 1.00 e. The van der Waals surface area contributed by atoms with Crippen molar-refractivity contribution in [1.29, 1.82) is 0 Å². The van der Waals surface area contributed by atoms with Gasteiger partial charge in [0.1, 0.15) is 0 Å². The molecule has 78 valence electrons. The van der Waals surface area contributed by atoms with Crippen LogP contribution in [0.15, 0.2) is 42.0 Å². The van der Waals surface area contributed by atoms with E-state index in [2.05, 4.69) is 45.0 Å². The molecule has 1 heteroatoms. The predicted molar refractivity (Wildman–Crippen MR) is 65.2 cm³/mol. The third-order valence-electron chi connectivity index (χ3n) is 2.91. The van der Waals surface area contributed by atoms with Gasteiger partial charge in [0, 0.05) is 0 Å². The van der Waals surface area contributed by atoms with Crippen LogP contribution in [0.4, 0.5) is 0 Å². The van der Waals surface area contributed by atoms with Crippen molar-refractivity contribution in [3.05, 3.63) is 54.1 Å². The zero-order valence-electron chi connectivity index (χ0n) is 10.6. The topological polar surface area (TPSA) is 0 Å². The standard InChI is InChI=1S/C15H17.Li/c1-5-12-13(14(12)15(2,3)4)11-9-7-6-8-10-11;/h1,5-10,12H,2-4H3;/q-1;+1. The summed E-state index contributed by atoms with van der Waals surface area (Å²) in [7, 11) is 0. The Balaban J connectivity index is 0.00000128. The second-order valence-electron chi connectivity index (χ2n) is 5.11. The quantitative estimate of drug-likeness (QED) is 0.500. The van der Waals surface area contributed by atoms with Gasteiger partial charge in [0.15, 0.2) is 0 Å². The average Bonchev–Trinajstić information content (AvgIpc) is 2.92. The number of rotatable bonds is 2. The number of benzene rings is 1. The zero-order chi connectivity index (χ0) is 11.1. The molecule has 2 rings (SSSR count). The molecule has 0 amide bonds. The van der Waals surface area contributed by atoms with Gasteiger partial charge < -0.3 is 6.58 Å². The molecule has 0 aromatic heterocycles. The smallest absolute Gasteiger partial charge is 0.517 e. The number of hydrogen-bond acceptors (Lipinski definition) is 0. The molecule has 0 nitrogen and oxygen atoms in total. The van der Waals surface area contributed by atoms with Crippen LogP contribution in [0.25, 0.3) is 5.57 Å². The monoisotopic (exact) mass is 204 g/mol. The molecule has 0 radical (unpaired) electrons. The van der Waals surface area contributed by atoms with E-state index in [0.29, 0.717) is 5.92 Å². The second-order valence-corrected chi connectivity index (χ2v) is 5.11. The van der Waals surface area contributed by atoms with Crippen molar-refractivity contribution >= 4 is 5.57 Å². The van der Waals surface area contributed by atoms with Crippen LogP contribution in [0.1, 0.15) is 26.3 Å². The summed E-state index contributed by atoms with van der Waals surface area (Å²) in [5.41, 5.74) is 4.45. The summed E-state index contributed by atoms with van der Waals surface area (Å²) in [5, 5.41) is 0. The average molecular weight is 204 g/mol. The van der Waals surface area contributed by atoms with Gasteiger partial charge in [-0.25, -0.2) is 0 Å². The zero-order valence-corrected chi connectivity index (χ0v) is 10.6. The first kappa shape index (κ1) is 13.4. The fraction of sp³-hybridized carbons (Fsp3) is 0.333. The van der Waals surface area contributed by atoms with Crippen LogP contribution in [0.5, 0.6) is 0 Å². The summed E-state index contributed by atoms with van der Waals surface area (Å²) < 4.78 is 0. The molecule has 0 heterocycles. The maximum Gasteiger partial charge on any atom is 1.00 e. The van der Waals surface area contributed by atoms with E-state index < -0.39 is 0 Å². The molecular weight excluding hydrogens is 187 g/mol. The first-order chi connectivity index (χ1) is 7.05. The van der Waals surface area contributed by atoms with E-state index in [9.17, 15) is 0 Å². The molecule has 0 aliphatic heterocycles. The molecule has 0 saturated heterocycles. The van der Waals surface area contributed by atoms with Crippen LogP contribution in [-0.2, 0) is 0 Å². The molecule has 16 heavy (non-hydrogen) atoms. The summed E-state index contributed by atoms with van der Waals surface area (Å²) in [4.78, 5) is 0. The number of hydrogen-bond donors (Lipinski definition) is 0. The van der Waals surface area contributed by atoms with Crippen LogP contribution in [0, 0.1) is 17.9 Å². The molecule has 0 N–H and O–H groups in total. The van der Waals surface area contributed by atoms with E-state index in [0.717, 1.165) is 0 Å². The van der Waals surface area contributed by atoms with E-state index in [1.807, 2.05) is 12.1 Å². The minimum Gasteiger partial charge on any atom is -0.517 e. The van der Waals surface area contributed by atoms with E-state index in [4.69, 9.17) is 6.58 Å². The van der Waals surface area contributed by atoms with E-state index >= 15 is 0 Å². The van der Waals surface area contributed by atoms with Gasteiger partial charge in [0.25, 0.3) is 0 Å². The van der Waals surface area contributed by atoms with Crippen LogP contribution in [0.3, 0.4) is 0 Å². The first-order valence-corrected chi connectivity index (χ1v) is 5.40. The minimum atomic E-state index is 0. The van der Waals surface area contributed by atoms with Crippen molar-refractivity contribution in [2.24, 2.45) is 11.3 Å². The molecule has 0 fully saturated rings. The van der Waals surface area contributed by atoms with Gasteiger partial charge in [-0.3, -0.25) is 6.08 Å². The van der Waals surface area contributed by atoms with Crippen molar-refractivity contribution in [3.63, 3.8) is 0 Å². The Hall–Kier alpha value is -0.703. The third kappa shape index (κ3) is 2.34. The summed E-state index contributed by atoms with van der Waals surface area (Å²) in [5.74, 6) is 0.396. The first-order valence-electron chi connectivity index (χ1n) is 5.40. The normalized spacial score (nSPS) is 19.1. The van der Waals surface area contributed by atoms with Crippen LogP contribution in [-0.4, -0.2) is 0 Å². The summed E-state index contributed by atoms with van der Waals surface area (Å²) in [6.07, 6.45) is 1.81. The maximum atomic E-state index is 5.68. The minimum absolute atomic E-state index is 0. The fourth-order valence-corrected chi connectivity index (χ4v) is 2.26. The summed E-state index contributed by atoms with van der Waals surface area (Å²) in [6, 6.07) is 10.5. The molecule has 0 spiro atoms. The molecule has 1 atom stereocenters. The molecule has 1 aromatic carbocycles. The molecular formula is C15H17Li. The van der Waals surface area contributed by atoms with E-state index in [1.54, 1.807) is 0 Å². The van der Waals surface area contributed by atoms with Gasteiger partial charge >= 0.3 is 18.9 Å². The van der Waals surface area contributed by atoms with E-state index in [1.165, 1.54) is 16.7 Å². The van der Waals surface area contributed by atoms with Gasteiger partial charge in [0.05, 0.1) is 0 Å². The van der Waals surface area contributed by atoms with Crippen LogP contribution < -0.4 is 18.9 Å². The summed E-state index contributed by atoms with van der Waals surface area (Å²) in [6.45, 7) is 12.4. The Morgan fingerprint density at radius 1 is 1.12 bits per heavy atom. The van der Waals surface area contributed by atoms with Crippen molar-refractivity contribution in [2.45, 2.75) is 20.8 Å². The summed E-state index contributed by atoms with van der Waals surface area (Å²) >= 11 is 0. The Morgan fingerprint density at radius 3 is 2.06 bits per heavy atom. The van der Waals surface area contributed by atoms with Gasteiger partial charge in [-0.1, -0.05) is 56.7 Å². The predicted octanol–water partition coefficient (Wildman–Crippen LogP) is 1.11. The Bertz CT molecular complexity index is 407. The Kier molecular flexibility index (Phi) is 3.89. The molecule has 0 bridgehead atoms. The van der Waals surface area contributed by atoms with Gasteiger partial charge in [-0.2, -0.15) is 0 Å². The van der Waals surface area contributed by atoms with Gasteiger partial charge in [0.2, 0.25) is 0 Å². The Labute approximate surface area is 111 Å². The molecule has 1 aliphatic carbocycles.